The fourth-order valence-corrected chi connectivity index (χ4v) is 2.58. The fraction of sp³-hybridized carbons (Fsp3) is 0.316. The van der Waals surface area contributed by atoms with Crippen molar-refractivity contribution in [3.8, 4) is 11.3 Å². The lowest BCUT2D eigenvalue weighted by Gasteiger charge is -2.12. The molecule has 0 saturated carbocycles. The van der Waals surface area contributed by atoms with Crippen LogP contribution in [0, 0.1) is 13.8 Å². The van der Waals surface area contributed by atoms with Crippen molar-refractivity contribution in [2.24, 2.45) is 0 Å². The Labute approximate surface area is 142 Å². The van der Waals surface area contributed by atoms with E-state index in [-0.39, 0.29) is 5.92 Å². The van der Waals surface area contributed by atoms with Gasteiger partial charge in [-0.05, 0) is 30.9 Å². The number of hydrogen-bond acceptors (Lipinski definition) is 5. The lowest BCUT2D eigenvalue weighted by molar-refractivity contribution is 0.426. The average Bonchev–Trinajstić information content (AvgIpc) is 3.00. The van der Waals surface area contributed by atoms with Crippen molar-refractivity contribution in [2.75, 3.05) is 5.32 Å². The molecule has 124 valence electrons. The van der Waals surface area contributed by atoms with Crippen LogP contribution >= 0.6 is 0 Å². The lowest BCUT2D eigenvalue weighted by Crippen LogP contribution is -2.07. The van der Waals surface area contributed by atoms with Gasteiger partial charge in [-0.3, -0.25) is 0 Å². The van der Waals surface area contributed by atoms with E-state index in [1.54, 1.807) is 0 Å². The number of hydrogen-bond donors (Lipinski definition) is 1. The summed E-state index contributed by atoms with van der Waals surface area (Å²) in [5.41, 5.74) is 5.19. The smallest absolute Gasteiger partial charge is 0.223 e. The van der Waals surface area contributed by atoms with Crippen molar-refractivity contribution < 1.29 is 4.52 Å². The molecule has 0 aliphatic heterocycles. The zero-order valence-electron chi connectivity index (χ0n) is 14.5. The van der Waals surface area contributed by atoms with Gasteiger partial charge in [-0.25, -0.2) is 9.97 Å². The molecule has 3 rings (SSSR count). The minimum atomic E-state index is 0.257. The summed E-state index contributed by atoms with van der Waals surface area (Å²) in [4.78, 5) is 9.13. The molecular formula is C19H22N4O. The number of nitrogens with one attached hydrogen (secondary N) is 1. The summed E-state index contributed by atoms with van der Waals surface area (Å²) in [7, 11) is 0. The number of rotatable bonds is 5. The second kappa shape index (κ2) is 6.83. The van der Waals surface area contributed by atoms with E-state index in [0.717, 1.165) is 17.0 Å². The van der Waals surface area contributed by atoms with E-state index in [0.29, 0.717) is 18.3 Å². The maximum absolute atomic E-state index is 5.38. The topological polar surface area (TPSA) is 63.8 Å². The molecule has 5 heteroatoms. The number of anilines is 1. The van der Waals surface area contributed by atoms with Crippen LogP contribution in [0.4, 0.5) is 5.95 Å². The predicted molar refractivity (Wildman–Crippen MR) is 94.9 cm³/mol. The van der Waals surface area contributed by atoms with E-state index in [1.807, 2.05) is 31.3 Å². The van der Waals surface area contributed by atoms with Gasteiger partial charge in [0.05, 0.1) is 17.0 Å². The summed E-state index contributed by atoms with van der Waals surface area (Å²) in [6.07, 6.45) is 1.81. The molecule has 0 aliphatic carbocycles. The zero-order chi connectivity index (χ0) is 17.1. The number of benzene rings is 1. The third-order valence-corrected chi connectivity index (χ3v) is 3.96. The molecule has 1 N–H and O–H groups in total. The molecule has 0 atom stereocenters. The van der Waals surface area contributed by atoms with Gasteiger partial charge in [0.1, 0.15) is 0 Å². The Morgan fingerprint density at radius 1 is 1.17 bits per heavy atom. The van der Waals surface area contributed by atoms with E-state index >= 15 is 0 Å². The molecule has 24 heavy (non-hydrogen) atoms. The quantitative estimate of drug-likeness (QED) is 0.750. The number of aryl methyl sites for hydroxylation is 2. The van der Waals surface area contributed by atoms with Crippen LogP contribution in [-0.2, 0) is 6.54 Å². The van der Waals surface area contributed by atoms with Gasteiger partial charge in [-0.15, -0.1) is 0 Å². The van der Waals surface area contributed by atoms with Gasteiger partial charge < -0.3 is 9.84 Å². The fourth-order valence-electron chi connectivity index (χ4n) is 2.58. The summed E-state index contributed by atoms with van der Waals surface area (Å²) in [6.45, 7) is 8.93. The van der Waals surface area contributed by atoms with Gasteiger partial charge in [0.15, 0.2) is 5.76 Å². The van der Waals surface area contributed by atoms with E-state index < -0.39 is 0 Å². The molecule has 0 saturated heterocycles. The minimum absolute atomic E-state index is 0.257. The van der Waals surface area contributed by atoms with E-state index in [1.165, 1.54) is 11.1 Å². The third kappa shape index (κ3) is 3.45. The first-order chi connectivity index (χ1) is 11.5. The molecule has 2 heterocycles. The molecule has 0 radical (unpaired) electrons. The van der Waals surface area contributed by atoms with Crippen LogP contribution < -0.4 is 5.32 Å². The SMILES string of the molecule is Cc1cc(-c2cnc(NCc3ccccc3C)nc2C(C)C)on1. The van der Waals surface area contributed by atoms with E-state index in [2.05, 4.69) is 48.4 Å². The third-order valence-electron chi connectivity index (χ3n) is 3.96. The van der Waals surface area contributed by atoms with Gasteiger partial charge in [0.2, 0.25) is 5.95 Å². The predicted octanol–water partition coefficient (Wildman–Crippen LogP) is 4.48. The molecular weight excluding hydrogens is 300 g/mol. The molecule has 0 unspecified atom stereocenters. The first-order valence-corrected chi connectivity index (χ1v) is 8.13. The van der Waals surface area contributed by atoms with Gasteiger partial charge in [0.25, 0.3) is 0 Å². The first kappa shape index (κ1) is 16.2. The van der Waals surface area contributed by atoms with E-state index in [4.69, 9.17) is 9.51 Å². The van der Waals surface area contributed by atoms with Gasteiger partial charge in [-0.2, -0.15) is 0 Å². The van der Waals surface area contributed by atoms with Crippen LogP contribution in [-0.4, -0.2) is 15.1 Å². The minimum Gasteiger partial charge on any atom is -0.356 e. The highest BCUT2D eigenvalue weighted by atomic mass is 16.5. The number of aromatic nitrogens is 3. The van der Waals surface area contributed by atoms with Crippen molar-refractivity contribution in [3.63, 3.8) is 0 Å². The normalized spacial score (nSPS) is 11.0. The second-order valence-electron chi connectivity index (χ2n) is 6.26. The molecule has 3 aromatic rings. The Morgan fingerprint density at radius 2 is 1.96 bits per heavy atom. The molecule has 0 bridgehead atoms. The molecule has 5 nitrogen and oxygen atoms in total. The summed E-state index contributed by atoms with van der Waals surface area (Å²) in [5, 5.41) is 7.27. The van der Waals surface area contributed by atoms with Crippen molar-refractivity contribution >= 4 is 5.95 Å². The summed E-state index contributed by atoms with van der Waals surface area (Å²) in [5.74, 6) is 1.59. The Bertz CT molecular complexity index is 839. The number of nitrogens with zero attached hydrogens (tertiary/aromatic N) is 3. The highest BCUT2D eigenvalue weighted by Gasteiger charge is 2.16. The van der Waals surface area contributed by atoms with Crippen molar-refractivity contribution in [2.45, 2.75) is 40.2 Å². The van der Waals surface area contributed by atoms with Gasteiger partial charge in [-0.1, -0.05) is 43.3 Å². The summed E-state index contributed by atoms with van der Waals surface area (Å²) < 4.78 is 5.38. The van der Waals surface area contributed by atoms with Crippen LogP contribution in [0.5, 0.6) is 0 Å². The van der Waals surface area contributed by atoms with Crippen LogP contribution in [0.15, 0.2) is 41.1 Å². The Hall–Kier alpha value is -2.69. The maximum Gasteiger partial charge on any atom is 0.223 e. The van der Waals surface area contributed by atoms with Crippen molar-refractivity contribution in [3.05, 3.63) is 59.0 Å². The molecule has 1 aromatic carbocycles. The van der Waals surface area contributed by atoms with Crippen LogP contribution in [0.2, 0.25) is 0 Å². The van der Waals surface area contributed by atoms with Crippen molar-refractivity contribution in [1.82, 2.24) is 15.1 Å². The van der Waals surface area contributed by atoms with Crippen LogP contribution in [0.25, 0.3) is 11.3 Å². The first-order valence-electron chi connectivity index (χ1n) is 8.13. The Morgan fingerprint density at radius 3 is 2.62 bits per heavy atom. The zero-order valence-corrected chi connectivity index (χ0v) is 14.5. The standard InChI is InChI=1S/C19H22N4O/c1-12(2)18-16(17-9-14(4)23-24-17)11-21-19(22-18)20-10-15-8-6-5-7-13(15)3/h5-9,11-12H,10H2,1-4H3,(H,20,21,22). The van der Waals surface area contributed by atoms with Crippen LogP contribution in [0.3, 0.4) is 0 Å². The molecule has 2 aromatic heterocycles. The molecule has 0 aliphatic rings. The Balaban J connectivity index is 1.85. The van der Waals surface area contributed by atoms with Gasteiger partial charge in [0, 0.05) is 18.8 Å². The highest BCUT2D eigenvalue weighted by Crippen LogP contribution is 2.28. The average molecular weight is 322 g/mol. The molecule has 0 spiro atoms. The molecule has 0 fully saturated rings. The maximum atomic E-state index is 5.38. The molecule has 0 amide bonds. The summed E-state index contributed by atoms with van der Waals surface area (Å²) >= 11 is 0. The second-order valence-corrected chi connectivity index (χ2v) is 6.26. The van der Waals surface area contributed by atoms with E-state index in [9.17, 15) is 0 Å². The summed E-state index contributed by atoms with van der Waals surface area (Å²) in [6, 6.07) is 10.2. The highest BCUT2D eigenvalue weighted by molar-refractivity contribution is 5.61. The lowest BCUT2D eigenvalue weighted by atomic mass is 10.0. The van der Waals surface area contributed by atoms with Gasteiger partial charge >= 0.3 is 0 Å². The monoisotopic (exact) mass is 322 g/mol. The van der Waals surface area contributed by atoms with Crippen LogP contribution in [0.1, 0.15) is 42.3 Å². The Kier molecular flexibility index (Phi) is 4.60. The van der Waals surface area contributed by atoms with Crippen molar-refractivity contribution in [1.29, 1.82) is 0 Å². The largest absolute Gasteiger partial charge is 0.356 e.